The molecule has 0 unspecified atom stereocenters. The summed E-state index contributed by atoms with van der Waals surface area (Å²) in [5.74, 6) is 0.293. The fraction of sp³-hybridized carbons (Fsp3) is 0.320. The van der Waals surface area contributed by atoms with Gasteiger partial charge in [-0.25, -0.2) is 4.98 Å². The molecule has 0 saturated carbocycles. The molecular weight excluding hydrogens is 659 g/mol. The Bertz CT molecular complexity index is 2520. The van der Waals surface area contributed by atoms with Gasteiger partial charge in [0.1, 0.15) is 11.4 Å². The van der Waals surface area contributed by atoms with Crippen LogP contribution in [0.3, 0.4) is 0 Å². The van der Waals surface area contributed by atoms with E-state index in [-0.39, 0.29) is 21.7 Å². The van der Waals surface area contributed by atoms with Gasteiger partial charge in [-0.15, -0.1) is 0 Å². The number of phenols is 1. The van der Waals surface area contributed by atoms with Crippen molar-refractivity contribution in [1.29, 1.82) is 0 Å². The Morgan fingerprint density at radius 1 is 0.500 bits per heavy atom. The summed E-state index contributed by atoms with van der Waals surface area (Å²) in [5, 5.41) is 14.1. The minimum Gasteiger partial charge on any atom is -0.507 e. The fourth-order valence-corrected chi connectivity index (χ4v) is 7.34. The Hall–Kier alpha value is -5.22. The summed E-state index contributed by atoms with van der Waals surface area (Å²) in [4.78, 5) is 10.4. The molecule has 7 aromatic rings. The van der Waals surface area contributed by atoms with Gasteiger partial charge in [-0.2, -0.15) is 0 Å². The zero-order chi connectivity index (χ0) is 39.0. The van der Waals surface area contributed by atoms with Crippen molar-refractivity contribution in [2.75, 3.05) is 0 Å². The molecule has 7 rings (SSSR count). The molecule has 0 radical (unpaired) electrons. The highest BCUT2D eigenvalue weighted by atomic mass is 16.3. The monoisotopic (exact) mass is 713 g/mol. The van der Waals surface area contributed by atoms with Crippen LogP contribution in [0, 0.1) is 0 Å². The first-order valence-corrected chi connectivity index (χ1v) is 19.2. The Kier molecular flexibility index (Phi) is 8.91. The van der Waals surface area contributed by atoms with Gasteiger partial charge in [-0.3, -0.25) is 9.55 Å². The van der Waals surface area contributed by atoms with Crippen molar-refractivity contribution in [2.24, 2.45) is 0 Å². The average Bonchev–Trinajstić information content (AvgIpc) is 3.43. The average molecular weight is 714 g/mol. The van der Waals surface area contributed by atoms with E-state index >= 15 is 0 Å². The normalized spacial score (nSPS) is 12.9. The topological polar surface area (TPSA) is 50.9 Å². The molecule has 4 heteroatoms. The first-order chi connectivity index (χ1) is 25.2. The molecule has 3 aromatic heterocycles. The van der Waals surface area contributed by atoms with Crippen LogP contribution in [0.15, 0.2) is 109 Å². The molecular formula is C50H55N3O. The summed E-state index contributed by atoms with van der Waals surface area (Å²) in [6, 6.07) is 37.1. The molecule has 0 atom stereocenters. The Labute approximate surface area is 322 Å². The maximum Gasteiger partial charge on any atom is 0.146 e. The van der Waals surface area contributed by atoms with Gasteiger partial charge in [0.2, 0.25) is 0 Å². The number of rotatable bonds is 4. The molecule has 3 heterocycles. The summed E-state index contributed by atoms with van der Waals surface area (Å²) < 4.78 is 2.29. The number of fused-ring (bicyclic) bond motifs is 3. The van der Waals surface area contributed by atoms with Gasteiger partial charge in [-0.05, 0) is 104 Å². The SMILES string of the molecule is CC(C)(C)c1ccc(-c2ccnc(-c3cc(-n4c5ccccc5c5ccc(-c6cc(C(C)(C)C)cc(C(C)(C)C)c6O)nc54)cc(C(C)(C)C)c3)c2)cc1. The third-order valence-corrected chi connectivity index (χ3v) is 10.8. The minimum atomic E-state index is -0.246. The summed E-state index contributed by atoms with van der Waals surface area (Å²) in [5.41, 5.74) is 13.0. The predicted molar refractivity (Wildman–Crippen MR) is 229 cm³/mol. The van der Waals surface area contributed by atoms with Crippen molar-refractivity contribution in [3.8, 4) is 45.1 Å². The second-order valence-corrected chi connectivity index (χ2v) is 19.1. The van der Waals surface area contributed by atoms with E-state index in [9.17, 15) is 5.11 Å². The van der Waals surface area contributed by atoms with Crippen LogP contribution in [-0.4, -0.2) is 19.6 Å². The fourth-order valence-electron chi connectivity index (χ4n) is 7.34. The third-order valence-electron chi connectivity index (χ3n) is 10.8. The van der Waals surface area contributed by atoms with E-state index in [1.807, 2.05) is 6.20 Å². The smallest absolute Gasteiger partial charge is 0.146 e. The van der Waals surface area contributed by atoms with E-state index in [0.717, 1.165) is 61.3 Å². The quantitative estimate of drug-likeness (QED) is 0.198. The van der Waals surface area contributed by atoms with Crippen LogP contribution < -0.4 is 0 Å². The largest absolute Gasteiger partial charge is 0.507 e. The first kappa shape index (κ1) is 37.1. The van der Waals surface area contributed by atoms with E-state index in [0.29, 0.717) is 5.75 Å². The highest BCUT2D eigenvalue weighted by Gasteiger charge is 2.27. The van der Waals surface area contributed by atoms with Gasteiger partial charge >= 0.3 is 0 Å². The number of pyridine rings is 2. The van der Waals surface area contributed by atoms with Crippen LogP contribution in [0.2, 0.25) is 0 Å². The molecule has 0 bridgehead atoms. The van der Waals surface area contributed by atoms with Crippen molar-refractivity contribution in [3.63, 3.8) is 0 Å². The number of phenolic OH excluding ortho intramolecular Hbond substituents is 1. The summed E-state index contributed by atoms with van der Waals surface area (Å²) in [6.45, 7) is 26.6. The molecule has 0 saturated heterocycles. The van der Waals surface area contributed by atoms with Gasteiger partial charge in [-0.1, -0.05) is 132 Å². The number of nitrogens with zero attached hydrogens (tertiary/aromatic N) is 3. The number of hydrogen-bond acceptors (Lipinski definition) is 3. The zero-order valence-electron chi connectivity index (χ0n) is 34.2. The first-order valence-electron chi connectivity index (χ1n) is 19.2. The Morgan fingerprint density at radius 2 is 1.15 bits per heavy atom. The van der Waals surface area contributed by atoms with Crippen LogP contribution in [0.1, 0.15) is 105 Å². The second kappa shape index (κ2) is 13.0. The molecule has 0 amide bonds. The predicted octanol–water partition coefficient (Wildman–Crippen LogP) is 13.5. The molecule has 0 fully saturated rings. The molecule has 4 aromatic carbocycles. The molecule has 276 valence electrons. The van der Waals surface area contributed by atoms with E-state index in [2.05, 4.69) is 191 Å². The van der Waals surface area contributed by atoms with Crippen molar-refractivity contribution < 1.29 is 5.11 Å². The summed E-state index contributed by atoms with van der Waals surface area (Å²) in [6.07, 6.45) is 1.92. The van der Waals surface area contributed by atoms with E-state index < -0.39 is 0 Å². The highest BCUT2D eigenvalue weighted by Crippen LogP contribution is 2.43. The van der Waals surface area contributed by atoms with E-state index in [1.54, 1.807) is 0 Å². The lowest BCUT2D eigenvalue weighted by atomic mass is 9.78. The molecule has 0 aliphatic heterocycles. The van der Waals surface area contributed by atoms with Gasteiger partial charge < -0.3 is 5.11 Å². The van der Waals surface area contributed by atoms with Crippen LogP contribution in [0.5, 0.6) is 5.75 Å². The second-order valence-electron chi connectivity index (χ2n) is 19.1. The maximum absolute atomic E-state index is 11.9. The van der Waals surface area contributed by atoms with Crippen LogP contribution in [0.25, 0.3) is 61.3 Å². The molecule has 0 aliphatic rings. The standard InChI is InChI=1S/C50H55N3O/c1-47(2,3)34-19-17-31(18-20-34)32-23-24-51-43(27-32)33-25-35(48(4,5)6)28-37(26-33)53-44-16-14-13-15-38(44)39-21-22-42(52-46(39)53)40-29-36(49(7,8)9)30-41(45(40)54)50(10,11)12/h13-30,54H,1-12H3. The van der Waals surface area contributed by atoms with Crippen molar-refractivity contribution in [3.05, 3.63) is 132 Å². The maximum atomic E-state index is 11.9. The molecule has 0 aliphatic carbocycles. The van der Waals surface area contributed by atoms with Crippen molar-refractivity contribution in [1.82, 2.24) is 14.5 Å². The number of hydrogen-bond donors (Lipinski definition) is 1. The zero-order valence-corrected chi connectivity index (χ0v) is 34.2. The molecule has 0 spiro atoms. The van der Waals surface area contributed by atoms with E-state index in [4.69, 9.17) is 9.97 Å². The molecule has 4 nitrogen and oxygen atoms in total. The Balaban J connectivity index is 1.45. The van der Waals surface area contributed by atoms with Gasteiger partial charge in [0.25, 0.3) is 0 Å². The van der Waals surface area contributed by atoms with E-state index in [1.165, 1.54) is 22.3 Å². The minimum absolute atomic E-state index is 0.0976. The van der Waals surface area contributed by atoms with Gasteiger partial charge in [0.05, 0.1) is 16.9 Å². The van der Waals surface area contributed by atoms with Crippen LogP contribution >= 0.6 is 0 Å². The Morgan fingerprint density at radius 3 is 1.80 bits per heavy atom. The molecule has 54 heavy (non-hydrogen) atoms. The summed E-state index contributed by atoms with van der Waals surface area (Å²) in [7, 11) is 0. The van der Waals surface area contributed by atoms with Crippen LogP contribution in [-0.2, 0) is 21.7 Å². The number of aromatic hydroxyl groups is 1. The lowest BCUT2D eigenvalue weighted by molar-refractivity contribution is 0.446. The van der Waals surface area contributed by atoms with Crippen molar-refractivity contribution in [2.45, 2.75) is 105 Å². The lowest BCUT2D eigenvalue weighted by Crippen LogP contribution is -2.17. The summed E-state index contributed by atoms with van der Waals surface area (Å²) >= 11 is 0. The van der Waals surface area contributed by atoms with Gasteiger partial charge in [0.15, 0.2) is 0 Å². The number of para-hydroxylation sites is 1. The van der Waals surface area contributed by atoms with Crippen LogP contribution in [0.4, 0.5) is 0 Å². The van der Waals surface area contributed by atoms with Gasteiger partial charge in [0, 0.05) is 39.3 Å². The number of benzene rings is 4. The third kappa shape index (κ3) is 6.95. The number of aromatic nitrogens is 3. The van der Waals surface area contributed by atoms with Crippen molar-refractivity contribution >= 4 is 21.9 Å². The molecule has 1 N–H and O–H groups in total. The lowest BCUT2D eigenvalue weighted by Gasteiger charge is -2.27. The highest BCUT2D eigenvalue weighted by molar-refractivity contribution is 6.08.